The second-order valence-corrected chi connectivity index (χ2v) is 7.97. The van der Waals surface area contributed by atoms with Crippen LogP contribution in [0.3, 0.4) is 0 Å². The first-order chi connectivity index (χ1) is 11.9. The highest BCUT2D eigenvalue weighted by atomic mass is 79.9. The molecule has 0 aliphatic heterocycles. The van der Waals surface area contributed by atoms with Gasteiger partial charge in [-0.05, 0) is 49.4 Å². The number of aliphatic hydroxyl groups excluding tert-OH is 2. The molecule has 0 spiro atoms. The fourth-order valence-electron chi connectivity index (χ4n) is 2.69. The molecule has 0 aliphatic rings. The summed E-state index contributed by atoms with van der Waals surface area (Å²) in [6, 6.07) is 9.02. The van der Waals surface area contributed by atoms with Gasteiger partial charge < -0.3 is 15.3 Å². The zero-order valence-electron chi connectivity index (χ0n) is 14.1. The lowest BCUT2D eigenvalue weighted by molar-refractivity contribution is 0.0337. The predicted molar refractivity (Wildman–Crippen MR) is 108 cm³/mol. The van der Waals surface area contributed by atoms with Gasteiger partial charge in [-0.2, -0.15) is 0 Å². The number of allylic oxidation sites excluding steroid dienone is 1. The van der Waals surface area contributed by atoms with Crippen LogP contribution in [0.15, 0.2) is 58.4 Å². The molecule has 0 aliphatic carbocycles. The summed E-state index contributed by atoms with van der Waals surface area (Å²) in [7, 11) is 0. The SMILES string of the molecule is C=C[C@H]([C@H](O)CC/C(C)=C/c1cc(Br)ccc1O)[C@H](O)c1cccs1. The smallest absolute Gasteiger partial charge is 0.122 e. The summed E-state index contributed by atoms with van der Waals surface area (Å²) in [6.45, 7) is 5.72. The van der Waals surface area contributed by atoms with Gasteiger partial charge >= 0.3 is 0 Å². The second-order valence-electron chi connectivity index (χ2n) is 6.07. The molecule has 25 heavy (non-hydrogen) atoms. The maximum atomic E-state index is 10.5. The predicted octanol–water partition coefficient (Wildman–Crippen LogP) is 5.30. The average molecular weight is 423 g/mol. The quantitative estimate of drug-likeness (QED) is 0.505. The van der Waals surface area contributed by atoms with Crippen molar-refractivity contribution in [1.29, 1.82) is 0 Å². The first-order valence-electron chi connectivity index (χ1n) is 8.10. The van der Waals surface area contributed by atoms with E-state index < -0.39 is 18.1 Å². The van der Waals surface area contributed by atoms with E-state index in [4.69, 9.17) is 0 Å². The van der Waals surface area contributed by atoms with Gasteiger partial charge in [0.15, 0.2) is 0 Å². The Bertz CT molecular complexity index is 725. The highest BCUT2D eigenvalue weighted by molar-refractivity contribution is 9.10. The molecule has 5 heteroatoms. The Morgan fingerprint density at radius 3 is 2.72 bits per heavy atom. The van der Waals surface area contributed by atoms with Gasteiger partial charge in [-0.3, -0.25) is 0 Å². The molecule has 3 atom stereocenters. The highest BCUT2D eigenvalue weighted by Crippen LogP contribution is 2.31. The van der Waals surface area contributed by atoms with Crippen molar-refractivity contribution in [1.82, 2.24) is 0 Å². The third kappa shape index (κ3) is 5.54. The Hall–Kier alpha value is -1.40. The van der Waals surface area contributed by atoms with Gasteiger partial charge in [-0.25, -0.2) is 0 Å². The minimum Gasteiger partial charge on any atom is -0.507 e. The number of rotatable bonds is 8. The van der Waals surface area contributed by atoms with Crippen molar-refractivity contribution < 1.29 is 15.3 Å². The van der Waals surface area contributed by atoms with E-state index in [-0.39, 0.29) is 5.75 Å². The van der Waals surface area contributed by atoms with Crippen LogP contribution in [0, 0.1) is 5.92 Å². The van der Waals surface area contributed by atoms with Gasteiger partial charge in [-0.15, -0.1) is 17.9 Å². The molecule has 3 nitrogen and oxygen atoms in total. The minimum absolute atomic E-state index is 0.222. The van der Waals surface area contributed by atoms with Crippen molar-refractivity contribution in [3.63, 3.8) is 0 Å². The number of aliphatic hydroxyl groups is 2. The van der Waals surface area contributed by atoms with Crippen LogP contribution in [-0.2, 0) is 0 Å². The Labute approximate surface area is 161 Å². The second kappa shape index (κ2) is 9.34. The molecule has 0 bridgehead atoms. The van der Waals surface area contributed by atoms with Crippen molar-refractivity contribution in [3.8, 4) is 5.75 Å². The summed E-state index contributed by atoms with van der Waals surface area (Å²) in [6.07, 6.45) is 3.27. The summed E-state index contributed by atoms with van der Waals surface area (Å²) in [5.74, 6) is -0.189. The summed E-state index contributed by atoms with van der Waals surface area (Å²) in [5.41, 5.74) is 1.78. The van der Waals surface area contributed by atoms with Gasteiger partial charge in [0.1, 0.15) is 5.75 Å². The number of hydrogen-bond acceptors (Lipinski definition) is 4. The average Bonchev–Trinajstić information content (AvgIpc) is 3.11. The van der Waals surface area contributed by atoms with Crippen LogP contribution in [0.2, 0.25) is 0 Å². The molecule has 3 N–H and O–H groups in total. The molecular weight excluding hydrogens is 400 g/mol. The summed E-state index contributed by atoms with van der Waals surface area (Å²) in [5, 5.41) is 32.7. The largest absolute Gasteiger partial charge is 0.507 e. The summed E-state index contributed by atoms with van der Waals surface area (Å²) < 4.78 is 0.898. The molecule has 2 rings (SSSR count). The van der Waals surface area contributed by atoms with Crippen LogP contribution in [0.5, 0.6) is 5.75 Å². The van der Waals surface area contributed by atoms with Crippen LogP contribution in [-0.4, -0.2) is 21.4 Å². The maximum absolute atomic E-state index is 10.5. The van der Waals surface area contributed by atoms with Gasteiger partial charge in [0, 0.05) is 20.8 Å². The van der Waals surface area contributed by atoms with E-state index in [1.54, 1.807) is 18.2 Å². The van der Waals surface area contributed by atoms with Crippen molar-refractivity contribution in [3.05, 3.63) is 68.9 Å². The molecule has 134 valence electrons. The van der Waals surface area contributed by atoms with Gasteiger partial charge in [0.05, 0.1) is 12.2 Å². The number of hydrogen-bond donors (Lipinski definition) is 3. The van der Waals surface area contributed by atoms with Crippen LogP contribution in [0.1, 0.15) is 36.3 Å². The lowest BCUT2D eigenvalue weighted by atomic mass is 9.90. The summed E-state index contributed by atoms with van der Waals surface area (Å²) >= 11 is 4.86. The van der Waals surface area contributed by atoms with E-state index in [1.165, 1.54) is 11.3 Å². The molecule has 0 amide bonds. The van der Waals surface area contributed by atoms with E-state index in [2.05, 4.69) is 22.5 Å². The Morgan fingerprint density at radius 2 is 2.08 bits per heavy atom. The number of benzene rings is 1. The number of thiophene rings is 1. The van der Waals surface area contributed by atoms with E-state index >= 15 is 0 Å². The molecule has 0 radical (unpaired) electrons. The third-order valence-corrected chi connectivity index (χ3v) is 5.58. The van der Waals surface area contributed by atoms with Crippen LogP contribution in [0.4, 0.5) is 0 Å². The molecule has 1 aromatic heterocycles. The fourth-order valence-corrected chi connectivity index (χ4v) is 3.84. The Morgan fingerprint density at radius 1 is 1.32 bits per heavy atom. The van der Waals surface area contributed by atoms with Crippen molar-refractivity contribution in [2.24, 2.45) is 5.92 Å². The summed E-state index contributed by atoms with van der Waals surface area (Å²) in [4.78, 5) is 0.829. The van der Waals surface area contributed by atoms with Crippen molar-refractivity contribution in [2.75, 3.05) is 0 Å². The molecule has 1 aromatic carbocycles. The molecular formula is C20H23BrO3S. The standard InChI is InChI=1S/C20H23BrO3S/c1-3-16(20(24)19-5-4-10-25-19)18(23)8-6-13(2)11-14-12-15(21)7-9-17(14)22/h3-5,7,9-12,16,18,20,22-24H,1,6,8H2,2H3/b13-11+/t16-,18-,20+/m1/s1. The monoisotopic (exact) mass is 422 g/mol. The minimum atomic E-state index is -0.745. The zero-order chi connectivity index (χ0) is 18.4. The molecule has 2 aromatic rings. The zero-order valence-corrected chi connectivity index (χ0v) is 16.5. The van der Waals surface area contributed by atoms with Gasteiger partial charge in [0.2, 0.25) is 0 Å². The van der Waals surface area contributed by atoms with Crippen LogP contribution in [0.25, 0.3) is 6.08 Å². The van der Waals surface area contributed by atoms with Crippen molar-refractivity contribution >= 4 is 33.3 Å². The van der Waals surface area contributed by atoms with Crippen molar-refractivity contribution in [2.45, 2.75) is 32.0 Å². The Balaban J connectivity index is 1.99. The van der Waals surface area contributed by atoms with E-state index in [1.807, 2.05) is 36.6 Å². The molecule has 0 fully saturated rings. The van der Waals surface area contributed by atoms with Gasteiger partial charge in [-0.1, -0.05) is 39.7 Å². The van der Waals surface area contributed by atoms with Crippen LogP contribution < -0.4 is 0 Å². The Kier molecular flexibility index (Phi) is 7.44. The number of phenols is 1. The number of aromatic hydroxyl groups is 1. The third-order valence-electron chi connectivity index (χ3n) is 4.14. The number of phenolic OH excluding ortho intramolecular Hbond substituents is 1. The number of halogens is 1. The molecule has 0 saturated heterocycles. The molecule has 0 saturated carbocycles. The molecule has 0 unspecified atom stereocenters. The molecule has 1 heterocycles. The topological polar surface area (TPSA) is 60.7 Å². The lowest BCUT2D eigenvalue weighted by Crippen LogP contribution is -2.24. The van der Waals surface area contributed by atoms with Crippen LogP contribution >= 0.6 is 27.3 Å². The van der Waals surface area contributed by atoms with E-state index in [9.17, 15) is 15.3 Å². The fraction of sp³-hybridized carbons (Fsp3) is 0.300. The first kappa shape index (κ1) is 19.9. The lowest BCUT2D eigenvalue weighted by Gasteiger charge is -2.24. The van der Waals surface area contributed by atoms with E-state index in [0.717, 1.165) is 20.5 Å². The normalized spacial score (nSPS) is 15.6. The maximum Gasteiger partial charge on any atom is 0.122 e. The first-order valence-corrected chi connectivity index (χ1v) is 9.77. The van der Waals surface area contributed by atoms with Gasteiger partial charge in [0.25, 0.3) is 0 Å². The highest BCUT2D eigenvalue weighted by Gasteiger charge is 2.25. The van der Waals surface area contributed by atoms with E-state index in [0.29, 0.717) is 12.8 Å².